The second-order valence-electron chi connectivity index (χ2n) is 2.62. The molecule has 2 atom stereocenters. The van der Waals surface area contributed by atoms with Crippen LogP contribution in [0.3, 0.4) is 0 Å². The van der Waals surface area contributed by atoms with E-state index in [-0.39, 0.29) is 0 Å². The van der Waals surface area contributed by atoms with Crippen LogP contribution in [0, 0.1) is 0 Å². The summed E-state index contributed by atoms with van der Waals surface area (Å²) in [5, 5.41) is 4.20. The molecule has 0 aliphatic carbocycles. The monoisotopic (exact) mass is 202 g/mol. The molecule has 1 aliphatic heterocycles. The lowest BCUT2D eigenvalue weighted by Gasteiger charge is -2.27. The zero-order valence-electron chi connectivity index (χ0n) is 7.70. The summed E-state index contributed by atoms with van der Waals surface area (Å²) in [4.78, 5) is 33.2. The Hall–Kier alpha value is -1.63. The van der Waals surface area contributed by atoms with Gasteiger partial charge in [0.25, 0.3) is 5.91 Å². The summed E-state index contributed by atoms with van der Waals surface area (Å²) in [5.74, 6) is -1.38. The van der Waals surface area contributed by atoms with Crippen molar-refractivity contribution in [1.82, 2.24) is 10.6 Å². The van der Waals surface area contributed by atoms with E-state index in [1.54, 1.807) is 0 Å². The third kappa shape index (κ3) is 1.82. The molecular formula is C7H10N2O5. The van der Waals surface area contributed by atoms with E-state index >= 15 is 0 Å². The number of amides is 3. The van der Waals surface area contributed by atoms with E-state index < -0.39 is 30.1 Å². The van der Waals surface area contributed by atoms with Crippen LogP contribution in [-0.4, -0.2) is 44.3 Å². The van der Waals surface area contributed by atoms with Gasteiger partial charge in [-0.3, -0.25) is 10.1 Å². The highest BCUT2D eigenvalue weighted by Gasteiger charge is 2.40. The number of carbonyl (C=O) groups is 3. The number of rotatable bonds is 2. The van der Waals surface area contributed by atoms with Gasteiger partial charge in [0.05, 0.1) is 7.11 Å². The van der Waals surface area contributed by atoms with Crippen LogP contribution < -0.4 is 10.6 Å². The fourth-order valence-corrected chi connectivity index (χ4v) is 1.14. The molecule has 0 aromatic carbocycles. The average Bonchev–Trinajstić information content (AvgIpc) is 2.15. The SMILES string of the molecule is COC(=O)C1NC(=O)NC(=O)C1OC. The summed E-state index contributed by atoms with van der Waals surface area (Å²) in [6.07, 6.45) is -1.06. The zero-order valence-corrected chi connectivity index (χ0v) is 7.70. The smallest absolute Gasteiger partial charge is 0.331 e. The van der Waals surface area contributed by atoms with Crippen LogP contribution in [0.5, 0.6) is 0 Å². The van der Waals surface area contributed by atoms with Crippen LogP contribution in [0.1, 0.15) is 0 Å². The van der Waals surface area contributed by atoms with Crippen molar-refractivity contribution in [1.29, 1.82) is 0 Å². The number of carbonyl (C=O) groups excluding carboxylic acids is 3. The summed E-state index contributed by atoms with van der Waals surface area (Å²) in [7, 11) is 2.42. The number of esters is 1. The van der Waals surface area contributed by atoms with Gasteiger partial charge in [0.15, 0.2) is 12.1 Å². The Bertz CT molecular complexity index is 277. The van der Waals surface area contributed by atoms with E-state index in [9.17, 15) is 14.4 Å². The van der Waals surface area contributed by atoms with Gasteiger partial charge in [0.2, 0.25) is 0 Å². The van der Waals surface area contributed by atoms with Crippen molar-refractivity contribution >= 4 is 17.9 Å². The first-order chi connectivity index (χ1) is 6.60. The molecule has 0 aromatic heterocycles. The molecule has 0 radical (unpaired) electrons. The third-order valence-corrected chi connectivity index (χ3v) is 1.79. The second-order valence-corrected chi connectivity index (χ2v) is 2.62. The maximum absolute atomic E-state index is 11.2. The highest BCUT2D eigenvalue weighted by atomic mass is 16.5. The molecule has 0 spiro atoms. The minimum Gasteiger partial charge on any atom is -0.467 e. The van der Waals surface area contributed by atoms with Crippen LogP contribution >= 0.6 is 0 Å². The summed E-state index contributed by atoms with van der Waals surface area (Å²) in [6.45, 7) is 0. The van der Waals surface area contributed by atoms with Gasteiger partial charge in [-0.1, -0.05) is 0 Å². The van der Waals surface area contributed by atoms with Gasteiger partial charge in [-0.05, 0) is 0 Å². The largest absolute Gasteiger partial charge is 0.467 e. The molecule has 2 unspecified atom stereocenters. The van der Waals surface area contributed by atoms with Crippen LogP contribution in [0.2, 0.25) is 0 Å². The maximum Gasteiger partial charge on any atom is 0.331 e. The van der Waals surface area contributed by atoms with Crippen molar-refractivity contribution in [3.8, 4) is 0 Å². The molecule has 0 bridgehead atoms. The number of methoxy groups -OCH3 is 2. The van der Waals surface area contributed by atoms with Crippen LogP contribution in [0.15, 0.2) is 0 Å². The summed E-state index contributed by atoms with van der Waals surface area (Å²) in [6, 6.07) is -1.83. The molecule has 1 heterocycles. The molecule has 1 fully saturated rings. The predicted octanol–water partition coefficient (Wildman–Crippen LogP) is -1.62. The minimum absolute atomic E-state index is 0.661. The predicted molar refractivity (Wildman–Crippen MR) is 43.3 cm³/mol. The van der Waals surface area contributed by atoms with Gasteiger partial charge in [-0.2, -0.15) is 0 Å². The summed E-state index contributed by atoms with van der Waals surface area (Å²) >= 11 is 0. The van der Waals surface area contributed by atoms with Gasteiger partial charge in [-0.25, -0.2) is 9.59 Å². The number of urea groups is 1. The Morgan fingerprint density at radius 3 is 2.50 bits per heavy atom. The molecular weight excluding hydrogens is 192 g/mol. The van der Waals surface area contributed by atoms with Gasteiger partial charge >= 0.3 is 12.0 Å². The van der Waals surface area contributed by atoms with E-state index in [0.717, 1.165) is 7.11 Å². The molecule has 7 nitrogen and oxygen atoms in total. The number of ether oxygens (including phenoxy) is 2. The average molecular weight is 202 g/mol. The fraction of sp³-hybridized carbons (Fsp3) is 0.571. The zero-order chi connectivity index (χ0) is 10.7. The quantitative estimate of drug-likeness (QED) is 0.525. The molecule has 3 amide bonds. The van der Waals surface area contributed by atoms with Crippen molar-refractivity contribution in [2.45, 2.75) is 12.1 Å². The Morgan fingerprint density at radius 2 is 2.00 bits per heavy atom. The van der Waals surface area contributed by atoms with E-state index in [0.29, 0.717) is 0 Å². The van der Waals surface area contributed by atoms with E-state index in [1.165, 1.54) is 7.11 Å². The van der Waals surface area contributed by atoms with Crippen molar-refractivity contribution in [3.05, 3.63) is 0 Å². The first-order valence-corrected chi connectivity index (χ1v) is 3.82. The highest BCUT2D eigenvalue weighted by molar-refractivity contribution is 6.04. The number of imide groups is 1. The Morgan fingerprint density at radius 1 is 1.36 bits per heavy atom. The Balaban J connectivity index is 2.83. The van der Waals surface area contributed by atoms with Crippen molar-refractivity contribution in [2.24, 2.45) is 0 Å². The molecule has 7 heteroatoms. The fourth-order valence-electron chi connectivity index (χ4n) is 1.14. The molecule has 1 saturated heterocycles. The van der Waals surface area contributed by atoms with E-state index in [4.69, 9.17) is 4.74 Å². The highest BCUT2D eigenvalue weighted by Crippen LogP contribution is 2.05. The molecule has 78 valence electrons. The summed E-state index contributed by atoms with van der Waals surface area (Å²) < 4.78 is 9.16. The molecule has 1 aliphatic rings. The lowest BCUT2D eigenvalue weighted by atomic mass is 10.1. The number of hydrogen-bond donors (Lipinski definition) is 2. The second kappa shape index (κ2) is 4.05. The van der Waals surface area contributed by atoms with E-state index in [2.05, 4.69) is 10.1 Å². The number of nitrogens with one attached hydrogen (secondary N) is 2. The Labute approximate surface area is 79.7 Å². The maximum atomic E-state index is 11.2. The standard InChI is InChI=1S/C7H10N2O5/c1-13-4-3(6(11)14-2)8-7(12)9-5(4)10/h3-4H,1-2H3,(H2,8,9,10,12). The first-order valence-electron chi connectivity index (χ1n) is 3.82. The molecule has 0 saturated carbocycles. The van der Waals surface area contributed by atoms with Gasteiger partial charge < -0.3 is 14.8 Å². The topological polar surface area (TPSA) is 93.7 Å². The molecule has 2 N–H and O–H groups in total. The van der Waals surface area contributed by atoms with E-state index in [1.807, 2.05) is 5.32 Å². The molecule has 0 aromatic rings. The minimum atomic E-state index is -1.09. The van der Waals surface area contributed by atoms with Crippen LogP contribution in [0.4, 0.5) is 4.79 Å². The summed E-state index contributed by atoms with van der Waals surface area (Å²) in [5.41, 5.74) is 0. The Kier molecular flexibility index (Phi) is 3.03. The van der Waals surface area contributed by atoms with Crippen molar-refractivity contribution in [3.63, 3.8) is 0 Å². The van der Waals surface area contributed by atoms with Gasteiger partial charge in [0, 0.05) is 7.11 Å². The van der Waals surface area contributed by atoms with Crippen molar-refractivity contribution in [2.75, 3.05) is 14.2 Å². The first kappa shape index (κ1) is 10.5. The van der Waals surface area contributed by atoms with Crippen LogP contribution in [0.25, 0.3) is 0 Å². The normalized spacial score (nSPS) is 26.4. The molecule has 1 rings (SSSR count). The third-order valence-electron chi connectivity index (χ3n) is 1.79. The van der Waals surface area contributed by atoms with Gasteiger partial charge in [0.1, 0.15) is 0 Å². The van der Waals surface area contributed by atoms with Crippen LogP contribution in [-0.2, 0) is 19.1 Å². The lowest BCUT2D eigenvalue weighted by Crippen LogP contribution is -2.64. The number of hydrogen-bond acceptors (Lipinski definition) is 5. The van der Waals surface area contributed by atoms with Gasteiger partial charge in [-0.15, -0.1) is 0 Å². The van der Waals surface area contributed by atoms with Crippen molar-refractivity contribution < 1.29 is 23.9 Å². The lowest BCUT2D eigenvalue weighted by molar-refractivity contribution is -0.152. The molecule has 14 heavy (non-hydrogen) atoms.